The number of ether oxygens (including phenoxy) is 2. The van der Waals surface area contributed by atoms with Crippen molar-refractivity contribution in [1.29, 1.82) is 0 Å². The van der Waals surface area contributed by atoms with Crippen molar-refractivity contribution in [3.05, 3.63) is 90.3 Å². The van der Waals surface area contributed by atoms with Gasteiger partial charge < -0.3 is 9.47 Å². The molecule has 28 heavy (non-hydrogen) atoms. The van der Waals surface area contributed by atoms with Gasteiger partial charge in [-0.2, -0.15) is 0 Å². The molecule has 1 aromatic heterocycles. The molecule has 1 saturated heterocycles. The van der Waals surface area contributed by atoms with Crippen LogP contribution >= 0.6 is 0 Å². The molecule has 0 aliphatic carbocycles. The Balaban J connectivity index is 1.65. The Morgan fingerprint density at radius 3 is 2.43 bits per heavy atom. The van der Waals surface area contributed by atoms with E-state index in [1.54, 1.807) is 24.4 Å². The lowest BCUT2D eigenvalue weighted by Gasteiger charge is -2.55. The van der Waals surface area contributed by atoms with E-state index in [1.807, 2.05) is 73.7 Å². The molecular weight excluding hydrogens is 352 g/mol. The van der Waals surface area contributed by atoms with Gasteiger partial charge in [0.25, 0.3) is 5.91 Å². The summed E-state index contributed by atoms with van der Waals surface area (Å²) in [7, 11) is 1.62. The lowest BCUT2D eigenvalue weighted by atomic mass is 9.76. The Morgan fingerprint density at radius 2 is 1.79 bits per heavy atom. The highest BCUT2D eigenvalue weighted by Gasteiger charge is 2.59. The quantitative estimate of drug-likeness (QED) is 0.614. The average molecular weight is 374 g/mol. The van der Waals surface area contributed by atoms with E-state index in [1.165, 1.54) is 0 Å². The standard InChI is InChI=1S/C23H22N2O3/c1-23(18-9-6-14-24-15-18)21(28-16-17-7-4-3-5-8-17)22(26)25(23)19-10-12-20(27-2)13-11-19/h3-15,21H,16H2,1-2H3. The maximum atomic E-state index is 13.1. The summed E-state index contributed by atoms with van der Waals surface area (Å²) in [6, 6.07) is 21.2. The normalized spacial score (nSPS) is 21.3. The van der Waals surface area contributed by atoms with Crippen LogP contribution in [0.25, 0.3) is 0 Å². The van der Waals surface area contributed by atoms with Gasteiger partial charge in [0, 0.05) is 18.1 Å². The molecule has 3 aromatic rings. The third-order valence-corrected chi connectivity index (χ3v) is 5.26. The van der Waals surface area contributed by atoms with E-state index < -0.39 is 11.6 Å². The Kier molecular flexibility index (Phi) is 4.84. The van der Waals surface area contributed by atoms with Crippen LogP contribution in [-0.2, 0) is 21.7 Å². The molecule has 142 valence electrons. The first-order chi connectivity index (χ1) is 13.6. The zero-order valence-electron chi connectivity index (χ0n) is 15.9. The summed E-state index contributed by atoms with van der Waals surface area (Å²) in [6.45, 7) is 2.40. The van der Waals surface area contributed by atoms with Gasteiger partial charge in [-0.1, -0.05) is 36.4 Å². The third kappa shape index (κ3) is 3.04. The molecule has 2 aromatic carbocycles. The predicted octanol–water partition coefficient (Wildman–Crippen LogP) is 3.94. The van der Waals surface area contributed by atoms with E-state index in [0.29, 0.717) is 6.61 Å². The molecule has 4 rings (SSSR count). The molecule has 1 amide bonds. The molecule has 5 nitrogen and oxygen atoms in total. The Labute approximate surface area is 164 Å². The summed E-state index contributed by atoms with van der Waals surface area (Å²) in [5.74, 6) is 0.684. The molecule has 2 unspecified atom stereocenters. The van der Waals surface area contributed by atoms with Crippen molar-refractivity contribution in [3.8, 4) is 5.75 Å². The van der Waals surface area contributed by atoms with Crippen LogP contribution in [-0.4, -0.2) is 24.1 Å². The number of carbonyl (C=O) groups excluding carboxylic acids is 1. The van der Waals surface area contributed by atoms with E-state index >= 15 is 0 Å². The lowest BCUT2D eigenvalue weighted by Crippen LogP contribution is -2.72. The summed E-state index contributed by atoms with van der Waals surface area (Å²) in [5, 5.41) is 0. The number of methoxy groups -OCH3 is 1. The van der Waals surface area contributed by atoms with Crippen LogP contribution in [0.2, 0.25) is 0 Å². The van der Waals surface area contributed by atoms with Gasteiger partial charge in [0.15, 0.2) is 6.10 Å². The largest absolute Gasteiger partial charge is 0.497 e. The fourth-order valence-electron chi connectivity index (χ4n) is 3.69. The highest BCUT2D eigenvalue weighted by molar-refractivity contribution is 6.07. The van der Waals surface area contributed by atoms with E-state index in [2.05, 4.69) is 4.98 Å². The second-order valence-electron chi connectivity index (χ2n) is 6.94. The summed E-state index contributed by atoms with van der Waals surface area (Å²) in [6.07, 6.45) is 2.94. The van der Waals surface area contributed by atoms with Crippen molar-refractivity contribution in [3.63, 3.8) is 0 Å². The van der Waals surface area contributed by atoms with Gasteiger partial charge in [-0.05, 0) is 48.4 Å². The molecule has 0 spiro atoms. The number of hydrogen-bond donors (Lipinski definition) is 0. The first-order valence-corrected chi connectivity index (χ1v) is 9.19. The minimum absolute atomic E-state index is 0.0625. The smallest absolute Gasteiger partial charge is 0.259 e. The summed E-state index contributed by atoms with van der Waals surface area (Å²) in [5.41, 5.74) is 2.13. The number of pyridine rings is 1. The first kappa shape index (κ1) is 18.2. The third-order valence-electron chi connectivity index (χ3n) is 5.26. The predicted molar refractivity (Wildman–Crippen MR) is 107 cm³/mol. The van der Waals surface area contributed by atoms with Crippen molar-refractivity contribution in [1.82, 2.24) is 4.98 Å². The van der Waals surface area contributed by atoms with Gasteiger partial charge in [0.05, 0.1) is 13.7 Å². The monoisotopic (exact) mass is 374 g/mol. The second kappa shape index (κ2) is 7.44. The van der Waals surface area contributed by atoms with Gasteiger partial charge in [0.2, 0.25) is 0 Å². The van der Waals surface area contributed by atoms with Crippen LogP contribution in [0.4, 0.5) is 5.69 Å². The summed E-state index contributed by atoms with van der Waals surface area (Å²) >= 11 is 0. The summed E-state index contributed by atoms with van der Waals surface area (Å²) in [4.78, 5) is 19.1. The fourth-order valence-corrected chi connectivity index (χ4v) is 3.69. The SMILES string of the molecule is COc1ccc(N2C(=O)C(OCc3ccccc3)C2(C)c2cccnc2)cc1. The maximum absolute atomic E-state index is 13.1. The van der Waals surface area contributed by atoms with Crippen LogP contribution in [0.5, 0.6) is 5.75 Å². The highest BCUT2D eigenvalue weighted by Crippen LogP contribution is 2.46. The van der Waals surface area contributed by atoms with Gasteiger partial charge in [0.1, 0.15) is 11.3 Å². The van der Waals surface area contributed by atoms with Crippen molar-refractivity contribution in [2.75, 3.05) is 12.0 Å². The van der Waals surface area contributed by atoms with Gasteiger partial charge >= 0.3 is 0 Å². The highest BCUT2D eigenvalue weighted by atomic mass is 16.5. The lowest BCUT2D eigenvalue weighted by molar-refractivity contribution is -0.152. The molecule has 0 N–H and O–H groups in total. The minimum Gasteiger partial charge on any atom is -0.497 e. The molecule has 0 saturated carbocycles. The maximum Gasteiger partial charge on any atom is 0.259 e. The number of aromatic nitrogens is 1. The molecule has 2 heterocycles. The Morgan fingerprint density at radius 1 is 1.04 bits per heavy atom. The van der Waals surface area contributed by atoms with Crippen molar-refractivity contribution in [2.24, 2.45) is 0 Å². The zero-order valence-corrected chi connectivity index (χ0v) is 15.9. The molecule has 0 bridgehead atoms. The molecule has 1 fully saturated rings. The minimum atomic E-state index is -0.644. The van der Waals surface area contributed by atoms with Crippen LogP contribution < -0.4 is 9.64 Å². The molecule has 0 radical (unpaired) electrons. The van der Waals surface area contributed by atoms with Crippen molar-refractivity contribution < 1.29 is 14.3 Å². The van der Waals surface area contributed by atoms with Crippen LogP contribution in [0.3, 0.4) is 0 Å². The number of β-lactam (4-membered cyclic amide) rings is 1. The van der Waals surface area contributed by atoms with Crippen molar-refractivity contribution >= 4 is 11.6 Å². The van der Waals surface area contributed by atoms with E-state index in [-0.39, 0.29) is 5.91 Å². The first-order valence-electron chi connectivity index (χ1n) is 9.19. The van der Waals surface area contributed by atoms with E-state index in [9.17, 15) is 4.79 Å². The molecular formula is C23H22N2O3. The van der Waals surface area contributed by atoms with E-state index in [4.69, 9.17) is 9.47 Å². The fraction of sp³-hybridized carbons (Fsp3) is 0.217. The molecule has 1 aliphatic heterocycles. The number of hydrogen-bond acceptors (Lipinski definition) is 4. The molecule has 5 heteroatoms. The number of benzene rings is 2. The second-order valence-corrected chi connectivity index (χ2v) is 6.94. The Bertz CT molecular complexity index is 945. The van der Waals surface area contributed by atoms with Gasteiger partial charge in [-0.15, -0.1) is 0 Å². The number of anilines is 1. The van der Waals surface area contributed by atoms with Gasteiger partial charge in [-0.3, -0.25) is 14.7 Å². The average Bonchev–Trinajstić information content (AvgIpc) is 2.75. The number of nitrogens with zero attached hydrogens (tertiary/aromatic N) is 2. The zero-order chi connectivity index (χ0) is 19.6. The summed E-state index contributed by atoms with van der Waals surface area (Å²) < 4.78 is 11.3. The number of carbonyl (C=O) groups is 1. The number of amides is 1. The molecule has 1 aliphatic rings. The Hall–Kier alpha value is -3.18. The van der Waals surface area contributed by atoms with Crippen LogP contribution in [0.15, 0.2) is 79.1 Å². The van der Waals surface area contributed by atoms with Crippen molar-refractivity contribution in [2.45, 2.75) is 25.2 Å². The van der Waals surface area contributed by atoms with Crippen LogP contribution in [0, 0.1) is 0 Å². The van der Waals surface area contributed by atoms with Gasteiger partial charge in [-0.25, -0.2) is 0 Å². The van der Waals surface area contributed by atoms with Crippen LogP contribution in [0.1, 0.15) is 18.1 Å². The topological polar surface area (TPSA) is 51.7 Å². The molecule has 2 atom stereocenters. The number of rotatable bonds is 6. The van der Waals surface area contributed by atoms with E-state index in [0.717, 1.165) is 22.6 Å².